The molecule has 29 heavy (non-hydrogen) atoms. The second-order valence-electron chi connectivity index (χ2n) is 7.69. The van der Waals surface area contributed by atoms with E-state index < -0.39 is 0 Å². The normalized spacial score (nSPS) is 17.3. The van der Waals surface area contributed by atoms with Crippen LogP contribution in [0.4, 0.5) is 5.69 Å². The Bertz CT molecular complexity index is 979. The Hall–Kier alpha value is -3.20. The Labute approximate surface area is 173 Å². The molecule has 1 aliphatic rings. The number of fused-ring (bicyclic) bond motifs is 1. The van der Waals surface area contributed by atoms with Crippen LogP contribution in [0.3, 0.4) is 0 Å². The van der Waals surface area contributed by atoms with Gasteiger partial charge in [0.05, 0.1) is 7.11 Å². The van der Waals surface area contributed by atoms with Gasteiger partial charge in [-0.3, -0.25) is 0 Å². The molecule has 0 radical (unpaired) electrons. The van der Waals surface area contributed by atoms with Crippen LogP contribution in [0.2, 0.25) is 0 Å². The molecule has 0 aromatic heterocycles. The molecule has 1 heterocycles. The van der Waals surface area contributed by atoms with E-state index in [0.717, 1.165) is 42.1 Å². The van der Waals surface area contributed by atoms with Gasteiger partial charge in [-0.2, -0.15) is 0 Å². The van der Waals surface area contributed by atoms with E-state index in [-0.39, 0.29) is 5.60 Å². The lowest BCUT2D eigenvalue weighted by atomic mass is 9.93. The summed E-state index contributed by atoms with van der Waals surface area (Å²) in [5.74, 6) is 1.83. The van der Waals surface area contributed by atoms with Gasteiger partial charge >= 0.3 is 0 Å². The molecule has 0 fully saturated rings. The van der Waals surface area contributed by atoms with Crippen LogP contribution in [0.15, 0.2) is 78.9 Å². The smallest absolute Gasteiger partial charge is 0.127 e. The molecule has 0 aliphatic carbocycles. The van der Waals surface area contributed by atoms with Crippen LogP contribution >= 0.6 is 0 Å². The third-order valence-electron chi connectivity index (χ3n) is 5.38. The molecule has 1 atom stereocenters. The second kappa shape index (κ2) is 8.44. The summed E-state index contributed by atoms with van der Waals surface area (Å²) in [5.41, 5.74) is 4.47. The number of ether oxygens (including phenoxy) is 2. The fourth-order valence-electron chi connectivity index (χ4n) is 3.55. The van der Waals surface area contributed by atoms with Crippen LogP contribution in [0.25, 0.3) is 6.08 Å². The van der Waals surface area contributed by atoms with Crippen molar-refractivity contribution in [1.29, 1.82) is 0 Å². The summed E-state index contributed by atoms with van der Waals surface area (Å²) >= 11 is 0. The molecule has 0 saturated heterocycles. The van der Waals surface area contributed by atoms with Gasteiger partial charge in [0.15, 0.2) is 0 Å². The number of hydrogen-bond donors (Lipinski definition) is 1. The van der Waals surface area contributed by atoms with Crippen molar-refractivity contribution >= 4 is 11.8 Å². The van der Waals surface area contributed by atoms with Crippen molar-refractivity contribution in [3.8, 4) is 11.5 Å². The van der Waals surface area contributed by atoms with Crippen molar-refractivity contribution in [1.82, 2.24) is 0 Å². The highest BCUT2D eigenvalue weighted by Gasteiger charge is 2.27. The Balaban J connectivity index is 1.38. The van der Waals surface area contributed by atoms with E-state index >= 15 is 0 Å². The minimum Gasteiger partial charge on any atom is -0.497 e. The van der Waals surface area contributed by atoms with Gasteiger partial charge in [-0.15, -0.1) is 0 Å². The summed E-state index contributed by atoms with van der Waals surface area (Å²) in [6.07, 6.45) is 6.24. The lowest BCUT2D eigenvalue weighted by molar-refractivity contribution is 0.128. The standard InChI is InChI=1S/C26H27NO2/c1-26(16-14-20-8-11-24(28-2)12-9-20)17-15-22-18-23(10-13-25(22)29-26)27-19-21-6-4-3-5-7-21/h3-13,15,17-18,27H,14,16,19H2,1-2H3. The van der Waals surface area contributed by atoms with Crippen molar-refractivity contribution < 1.29 is 9.47 Å². The zero-order valence-electron chi connectivity index (χ0n) is 17.0. The first kappa shape index (κ1) is 19.1. The summed E-state index contributed by atoms with van der Waals surface area (Å²) < 4.78 is 11.6. The van der Waals surface area contributed by atoms with E-state index in [4.69, 9.17) is 9.47 Å². The molecule has 4 rings (SSSR count). The first-order chi connectivity index (χ1) is 14.1. The maximum absolute atomic E-state index is 6.36. The molecule has 0 spiro atoms. The fourth-order valence-corrected chi connectivity index (χ4v) is 3.55. The van der Waals surface area contributed by atoms with E-state index in [9.17, 15) is 0 Å². The predicted molar refractivity (Wildman–Crippen MR) is 120 cm³/mol. The van der Waals surface area contributed by atoms with Crippen LogP contribution in [-0.4, -0.2) is 12.7 Å². The van der Waals surface area contributed by atoms with Gasteiger partial charge in [0, 0.05) is 17.8 Å². The average Bonchev–Trinajstić information content (AvgIpc) is 2.77. The molecule has 1 unspecified atom stereocenters. The molecule has 3 heteroatoms. The maximum atomic E-state index is 6.36. The molecule has 1 aliphatic heterocycles. The van der Waals surface area contributed by atoms with Gasteiger partial charge in [0.25, 0.3) is 0 Å². The molecule has 148 valence electrons. The third-order valence-corrected chi connectivity index (χ3v) is 5.38. The summed E-state index contributed by atoms with van der Waals surface area (Å²) in [7, 11) is 1.69. The van der Waals surface area contributed by atoms with Crippen molar-refractivity contribution in [2.45, 2.75) is 31.9 Å². The van der Waals surface area contributed by atoms with Crippen LogP contribution < -0.4 is 14.8 Å². The Morgan fingerprint density at radius 1 is 0.931 bits per heavy atom. The van der Waals surface area contributed by atoms with Gasteiger partial charge < -0.3 is 14.8 Å². The van der Waals surface area contributed by atoms with E-state index in [1.54, 1.807) is 7.11 Å². The van der Waals surface area contributed by atoms with Crippen molar-refractivity contribution in [3.05, 3.63) is 95.6 Å². The molecule has 0 bridgehead atoms. The average molecular weight is 386 g/mol. The number of nitrogens with one attached hydrogen (secondary N) is 1. The van der Waals surface area contributed by atoms with E-state index in [1.165, 1.54) is 11.1 Å². The monoisotopic (exact) mass is 385 g/mol. The largest absolute Gasteiger partial charge is 0.497 e. The summed E-state index contributed by atoms with van der Waals surface area (Å²) in [6.45, 7) is 2.96. The lowest BCUT2D eigenvalue weighted by Gasteiger charge is -2.32. The summed E-state index contributed by atoms with van der Waals surface area (Å²) in [5, 5.41) is 3.49. The first-order valence-electron chi connectivity index (χ1n) is 10.1. The third kappa shape index (κ3) is 4.80. The van der Waals surface area contributed by atoms with E-state index in [1.807, 2.05) is 18.2 Å². The van der Waals surface area contributed by atoms with E-state index in [0.29, 0.717) is 0 Å². The number of aryl methyl sites for hydroxylation is 1. The maximum Gasteiger partial charge on any atom is 0.127 e. The number of hydrogen-bond acceptors (Lipinski definition) is 3. The number of benzene rings is 3. The first-order valence-corrected chi connectivity index (χ1v) is 10.1. The van der Waals surface area contributed by atoms with Crippen molar-refractivity contribution in [2.24, 2.45) is 0 Å². The van der Waals surface area contributed by atoms with Crippen LogP contribution in [0.5, 0.6) is 11.5 Å². The zero-order chi connectivity index (χ0) is 20.1. The quantitative estimate of drug-likeness (QED) is 0.533. The van der Waals surface area contributed by atoms with Crippen LogP contribution in [-0.2, 0) is 13.0 Å². The predicted octanol–water partition coefficient (Wildman–Crippen LogP) is 6.10. The number of methoxy groups -OCH3 is 1. The van der Waals surface area contributed by atoms with Gasteiger partial charge in [0.1, 0.15) is 17.1 Å². The molecular formula is C26H27NO2. The number of rotatable bonds is 7. The Kier molecular flexibility index (Phi) is 5.57. The van der Waals surface area contributed by atoms with Crippen LogP contribution in [0.1, 0.15) is 30.0 Å². The second-order valence-corrected chi connectivity index (χ2v) is 7.69. The minimum atomic E-state index is -0.300. The molecular weight excluding hydrogens is 358 g/mol. The Morgan fingerprint density at radius 2 is 1.72 bits per heavy atom. The van der Waals surface area contributed by atoms with Crippen LogP contribution in [0, 0.1) is 0 Å². The van der Waals surface area contributed by atoms with E-state index in [2.05, 4.69) is 79.0 Å². The van der Waals surface area contributed by atoms with Crippen molar-refractivity contribution in [3.63, 3.8) is 0 Å². The lowest BCUT2D eigenvalue weighted by Crippen LogP contribution is -2.32. The molecule has 1 N–H and O–H groups in total. The molecule has 3 nitrogen and oxygen atoms in total. The highest BCUT2D eigenvalue weighted by molar-refractivity contribution is 5.66. The Morgan fingerprint density at radius 3 is 2.48 bits per heavy atom. The van der Waals surface area contributed by atoms with Gasteiger partial charge in [0.2, 0.25) is 0 Å². The fraction of sp³-hybridized carbons (Fsp3) is 0.231. The molecule has 3 aromatic rings. The highest BCUT2D eigenvalue weighted by Crippen LogP contribution is 2.35. The highest BCUT2D eigenvalue weighted by atomic mass is 16.5. The zero-order valence-corrected chi connectivity index (χ0v) is 17.0. The SMILES string of the molecule is COc1ccc(CCC2(C)C=Cc3cc(NCc4ccccc4)ccc3O2)cc1. The molecule has 3 aromatic carbocycles. The summed E-state index contributed by atoms with van der Waals surface area (Å²) in [4.78, 5) is 0. The number of anilines is 1. The summed E-state index contributed by atoms with van der Waals surface area (Å²) in [6, 6.07) is 25.0. The van der Waals surface area contributed by atoms with Gasteiger partial charge in [-0.25, -0.2) is 0 Å². The van der Waals surface area contributed by atoms with Crippen molar-refractivity contribution in [2.75, 3.05) is 12.4 Å². The van der Waals surface area contributed by atoms with Gasteiger partial charge in [-0.1, -0.05) is 48.5 Å². The molecule has 0 saturated carbocycles. The topological polar surface area (TPSA) is 30.5 Å². The van der Waals surface area contributed by atoms with Gasteiger partial charge in [-0.05, 0) is 67.3 Å². The molecule has 0 amide bonds. The minimum absolute atomic E-state index is 0.300.